The predicted octanol–water partition coefficient (Wildman–Crippen LogP) is 4.15. The van der Waals surface area contributed by atoms with E-state index in [1.807, 2.05) is 36.4 Å². The maximum Gasteiger partial charge on any atom is 0.303 e. The quantitative estimate of drug-likeness (QED) is 0.757. The summed E-state index contributed by atoms with van der Waals surface area (Å²) >= 11 is 3.50. The Morgan fingerprint density at radius 3 is 2.52 bits per heavy atom. The van der Waals surface area contributed by atoms with Gasteiger partial charge in [-0.3, -0.25) is 9.59 Å². The molecule has 2 aromatic rings. The summed E-state index contributed by atoms with van der Waals surface area (Å²) in [5.41, 5.74) is 4.67. The molecule has 0 aromatic heterocycles. The summed E-state index contributed by atoms with van der Waals surface area (Å²) in [6.45, 7) is 2.91. The fourth-order valence-electron chi connectivity index (χ4n) is 2.92. The average Bonchev–Trinajstić information content (AvgIpc) is 2.79. The molecule has 2 aromatic carbocycles. The Morgan fingerprint density at radius 2 is 1.83 bits per heavy atom. The number of benzene rings is 2. The number of carbonyl (C=O) groups is 2. The number of esters is 2. The molecule has 1 atom stereocenters. The van der Waals surface area contributed by atoms with Gasteiger partial charge in [0.1, 0.15) is 6.61 Å². The van der Waals surface area contributed by atoms with Crippen molar-refractivity contribution in [1.29, 1.82) is 0 Å². The summed E-state index contributed by atoms with van der Waals surface area (Å²) in [6.07, 6.45) is -0.475. The van der Waals surface area contributed by atoms with Crippen molar-refractivity contribution in [3.05, 3.63) is 57.6 Å². The summed E-state index contributed by atoms with van der Waals surface area (Å²) in [4.78, 5) is 22.7. The lowest BCUT2D eigenvalue weighted by Crippen LogP contribution is -2.10. The monoisotopic (exact) mass is 374 g/mol. The van der Waals surface area contributed by atoms with Crippen LogP contribution in [0, 0.1) is 0 Å². The van der Waals surface area contributed by atoms with Crippen LogP contribution in [-0.2, 0) is 25.7 Å². The third kappa shape index (κ3) is 3.01. The van der Waals surface area contributed by atoms with E-state index in [-0.39, 0.29) is 18.5 Å². The second-order valence-electron chi connectivity index (χ2n) is 5.38. The molecule has 4 nitrogen and oxygen atoms in total. The molecule has 3 rings (SSSR count). The second-order valence-corrected chi connectivity index (χ2v) is 6.30. The van der Waals surface area contributed by atoms with Gasteiger partial charge >= 0.3 is 11.9 Å². The lowest BCUT2D eigenvalue weighted by molar-refractivity contribution is -0.145. The molecule has 0 saturated carbocycles. The maximum atomic E-state index is 11.5. The van der Waals surface area contributed by atoms with E-state index in [0.29, 0.717) is 0 Å². The van der Waals surface area contributed by atoms with Crippen molar-refractivity contribution in [2.24, 2.45) is 0 Å². The topological polar surface area (TPSA) is 52.6 Å². The van der Waals surface area contributed by atoms with Crippen LogP contribution in [-0.4, -0.2) is 11.9 Å². The number of halogens is 1. The molecule has 1 aliphatic carbocycles. The van der Waals surface area contributed by atoms with Crippen LogP contribution >= 0.6 is 15.9 Å². The highest BCUT2D eigenvalue weighted by Crippen LogP contribution is 2.48. The van der Waals surface area contributed by atoms with Gasteiger partial charge in [0, 0.05) is 29.4 Å². The smallest absolute Gasteiger partial charge is 0.303 e. The SMILES string of the molecule is CC(=O)OCc1cc(Br)cc2c1C(OC(C)=O)c1ccccc1-2. The molecular formula is C18H15BrO4. The molecule has 23 heavy (non-hydrogen) atoms. The molecule has 0 aliphatic heterocycles. The fourth-order valence-corrected chi connectivity index (χ4v) is 3.43. The molecule has 0 amide bonds. The van der Waals surface area contributed by atoms with Crippen molar-refractivity contribution in [2.75, 3.05) is 0 Å². The molecule has 0 spiro atoms. The first kappa shape index (κ1) is 15.7. The zero-order valence-corrected chi connectivity index (χ0v) is 14.3. The number of ether oxygens (including phenoxy) is 2. The Bertz CT molecular complexity index is 798. The van der Waals surface area contributed by atoms with Gasteiger partial charge in [0.15, 0.2) is 6.10 Å². The van der Waals surface area contributed by atoms with Gasteiger partial charge in [-0.25, -0.2) is 0 Å². The summed E-state index contributed by atoms with van der Waals surface area (Å²) < 4.78 is 11.6. The predicted molar refractivity (Wildman–Crippen MR) is 88.7 cm³/mol. The molecule has 0 fully saturated rings. The highest BCUT2D eigenvalue weighted by Gasteiger charge is 2.33. The second kappa shape index (κ2) is 6.16. The maximum absolute atomic E-state index is 11.5. The van der Waals surface area contributed by atoms with Crippen molar-refractivity contribution in [1.82, 2.24) is 0 Å². The highest BCUT2D eigenvalue weighted by atomic mass is 79.9. The van der Waals surface area contributed by atoms with Gasteiger partial charge in [-0.2, -0.15) is 0 Å². The molecular weight excluding hydrogens is 360 g/mol. The normalized spacial score (nSPS) is 14.8. The molecule has 0 radical (unpaired) electrons. The van der Waals surface area contributed by atoms with E-state index in [0.717, 1.165) is 32.3 Å². The van der Waals surface area contributed by atoms with Gasteiger partial charge in [-0.05, 0) is 28.8 Å². The molecule has 5 heteroatoms. The summed E-state index contributed by atoms with van der Waals surface area (Å²) in [5.74, 6) is -0.697. The zero-order valence-electron chi connectivity index (χ0n) is 12.8. The number of hydrogen-bond acceptors (Lipinski definition) is 4. The minimum absolute atomic E-state index is 0.142. The Morgan fingerprint density at radius 1 is 1.09 bits per heavy atom. The van der Waals surface area contributed by atoms with E-state index in [1.165, 1.54) is 13.8 Å². The van der Waals surface area contributed by atoms with Crippen LogP contribution in [0.2, 0.25) is 0 Å². The van der Waals surface area contributed by atoms with Crippen LogP contribution in [0.3, 0.4) is 0 Å². The Labute approximate surface area is 142 Å². The lowest BCUT2D eigenvalue weighted by atomic mass is 10.0. The van der Waals surface area contributed by atoms with Crippen LogP contribution in [0.1, 0.15) is 36.6 Å². The van der Waals surface area contributed by atoms with Crippen LogP contribution in [0.15, 0.2) is 40.9 Å². The first-order chi connectivity index (χ1) is 11.0. The summed E-state index contributed by atoms with van der Waals surface area (Å²) in [7, 11) is 0. The molecule has 0 bridgehead atoms. The van der Waals surface area contributed by atoms with Gasteiger partial charge in [0.25, 0.3) is 0 Å². The Hall–Kier alpha value is -2.14. The van der Waals surface area contributed by atoms with Crippen molar-refractivity contribution in [2.45, 2.75) is 26.6 Å². The number of carbonyl (C=O) groups excluding carboxylic acids is 2. The first-order valence-corrected chi connectivity index (χ1v) is 7.99. The van der Waals surface area contributed by atoms with Crippen molar-refractivity contribution < 1.29 is 19.1 Å². The minimum Gasteiger partial charge on any atom is -0.461 e. The van der Waals surface area contributed by atoms with E-state index in [4.69, 9.17) is 9.47 Å². The molecule has 0 saturated heterocycles. The van der Waals surface area contributed by atoms with Crippen LogP contribution < -0.4 is 0 Å². The molecule has 0 N–H and O–H groups in total. The van der Waals surface area contributed by atoms with Gasteiger partial charge in [-0.15, -0.1) is 0 Å². The van der Waals surface area contributed by atoms with E-state index in [1.54, 1.807) is 0 Å². The van der Waals surface area contributed by atoms with Gasteiger partial charge in [0.05, 0.1) is 0 Å². The standard InChI is InChI=1S/C18H15BrO4/c1-10(20)22-9-12-7-13(19)8-16-14-5-3-4-6-15(14)18(17(12)16)23-11(2)21/h3-8,18H,9H2,1-2H3. The first-order valence-electron chi connectivity index (χ1n) is 7.19. The molecule has 118 valence electrons. The van der Waals surface area contributed by atoms with Gasteiger partial charge in [0.2, 0.25) is 0 Å². The molecule has 0 heterocycles. The van der Waals surface area contributed by atoms with Crippen molar-refractivity contribution in [3.8, 4) is 11.1 Å². The summed E-state index contributed by atoms with van der Waals surface area (Å²) in [5, 5.41) is 0. The van der Waals surface area contributed by atoms with Gasteiger partial charge < -0.3 is 9.47 Å². The lowest BCUT2D eigenvalue weighted by Gasteiger charge is -2.17. The van der Waals surface area contributed by atoms with Crippen molar-refractivity contribution in [3.63, 3.8) is 0 Å². The van der Waals surface area contributed by atoms with Crippen LogP contribution in [0.25, 0.3) is 11.1 Å². The summed E-state index contributed by atoms with van der Waals surface area (Å²) in [6, 6.07) is 11.7. The number of rotatable bonds is 3. The molecule has 1 unspecified atom stereocenters. The number of hydrogen-bond donors (Lipinski definition) is 0. The largest absolute Gasteiger partial charge is 0.461 e. The Kier molecular flexibility index (Phi) is 4.22. The average molecular weight is 375 g/mol. The van der Waals surface area contributed by atoms with Gasteiger partial charge in [-0.1, -0.05) is 40.2 Å². The van der Waals surface area contributed by atoms with Crippen LogP contribution in [0.4, 0.5) is 0 Å². The van der Waals surface area contributed by atoms with Crippen LogP contribution in [0.5, 0.6) is 0 Å². The minimum atomic E-state index is -0.475. The number of fused-ring (bicyclic) bond motifs is 3. The third-order valence-corrected chi connectivity index (χ3v) is 4.20. The van der Waals surface area contributed by atoms with E-state index >= 15 is 0 Å². The van der Waals surface area contributed by atoms with E-state index < -0.39 is 6.10 Å². The Balaban J connectivity index is 2.16. The fraction of sp³-hybridized carbons (Fsp3) is 0.222. The zero-order chi connectivity index (χ0) is 16.6. The van der Waals surface area contributed by atoms with E-state index in [2.05, 4.69) is 15.9 Å². The van der Waals surface area contributed by atoms with E-state index in [9.17, 15) is 9.59 Å². The van der Waals surface area contributed by atoms with Crippen molar-refractivity contribution >= 4 is 27.9 Å². The molecule has 1 aliphatic rings. The third-order valence-electron chi connectivity index (χ3n) is 3.74. The highest BCUT2D eigenvalue weighted by molar-refractivity contribution is 9.10.